The third-order valence-corrected chi connectivity index (χ3v) is 6.58. The summed E-state index contributed by atoms with van der Waals surface area (Å²) in [5.41, 5.74) is 3.45. The van der Waals surface area contributed by atoms with Crippen molar-refractivity contribution < 1.29 is 4.39 Å². The highest BCUT2D eigenvalue weighted by molar-refractivity contribution is 7.99. The molecule has 2 aliphatic heterocycles. The summed E-state index contributed by atoms with van der Waals surface area (Å²) in [5, 5.41) is 0. The second-order valence-corrected chi connectivity index (χ2v) is 8.41. The maximum absolute atomic E-state index is 13.9. The Labute approximate surface area is 166 Å². The fraction of sp³-hybridized carbons (Fsp3) is 0.391. The summed E-state index contributed by atoms with van der Waals surface area (Å²) in [6.07, 6.45) is 4.55. The molecule has 0 bridgehead atoms. The Balaban J connectivity index is 1.49. The SMILES string of the molecule is CCCN1CCN(CC/C=C2/c3ccccc3Sc3ccc(F)cc32)CC1. The second-order valence-electron chi connectivity index (χ2n) is 7.33. The Bertz CT molecular complexity index is 825. The molecule has 1 saturated heterocycles. The normalized spacial score (nSPS) is 19.1. The van der Waals surface area contributed by atoms with E-state index in [1.807, 2.05) is 6.07 Å². The van der Waals surface area contributed by atoms with Gasteiger partial charge in [-0.25, -0.2) is 4.39 Å². The van der Waals surface area contributed by atoms with Gasteiger partial charge in [-0.2, -0.15) is 0 Å². The molecule has 27 heavy (non-hydrogen) atoms. The molecule has 2 aromatic rings. The summed E-state index contributed by atoms with van der Waals surface area (Å²) < 4.78 is 13.9. The van der Waals surface area contributed by atoms with Gasteiger partial charge >= 0.3 is 0 Å². The summed E-state index contributed by atoms with van der Waals surface area (Å²) in [7, 11) is 0. The molecule has 2 aliphatic rings. The fourth-order valence-electron chi connectivity index (χ4n) is 4.01. The van der Waals surface area contributed by atoms with E-state index in [1.165, 1.54) is 42.1 Å². The zero-order chi connectivity index (χ0) is 18.6. The molecule has 2 heterocycles. The average molecular weight is 383 g/mol. The summed E-state index contributed by atoms with van der Waals surface area (Å²) in [5.74, 6) is -0.160. The van der Waals surface area contributed by atoms with Gasteiger partial charge in [0.25, 0.3) is 0 Å². The lowest BCUT2D eigenvalue weighted by Gasteiger charge is -2.34. The molecule has 0 aromatic heterocycles. The van der Waals surface area contributed by atoms with E-state index in [0.717, 1.165) is 36.5 Å². The molecule has 1 fully saturated rings. The Morgan fingerprint density at radius 1 is 0.926 bits per heavy atom. The van der Waals surface area contributed by atoms with Crippen molar-refractivity contribution in [2.24, 2.45) is 0 Å². The third-order valence-electron chi connectivity index (χ3n) is 5.43. The molecule has 0 unspecified atom stereocenters. The molecule has 0 radical (unpaired) electrons. The van der Waals surface area contributed by atoms with Crippen molar-refractivity contribution in [2.75, 3.05) is 39.3 Å². The van der Waals surface area contributed by atoms with E-state index in [0.29, 0.717) is 0 Å². The second kappa shape index (κ2) is 8.59. The third kappa shape index (κ3) is 4.29. The topological polar surface area (TPSA) is 6.48 Å². The van der Waals surface area contributed by atoms with Crippen molar-refractivity contribution in [1.29, 1.82) is 0 Å². The lowest BCUT2D eigenvalue weighted by Crippen LogP contribution is -2.46. The van der Waals surface area contributed by atoms with Gasteiger partial charge in [0.1, 0.15) is 5.82 Å². The molecular weight excluding hydrogens is 355 g/mol. The van der Waals surface area contributed by atoms with E-state index in [2.05, 4.69) is 47.1 Å². The van der Waals surface area contributed by atoms with E-state index >= 15 is 0 Å². The molecular formula is C23H27FN2S. The van der Waals surface area contributed by atoms with E-state index in [1.54, 1.807) is 23.9 Å². The fourth-order valence-corrected chi connectivity index (χ4v) is 5.09. The Morgan fingerprint density at radius 3 is 2.41 bits per heavy atom. The molecule has 0 saturated carbocycles. The van der Waals surface area contributed by atoms with Gasteiger partial charge in [-0.15, -0.1) is 0 Å². The molecule has 4 rings (SSSR count). The standard InChI is InChI=1S/C23H27FN2S/c1-2-11-25-13-15-26(16-14-25)12-5-7-19-20-6-3-4-8-22(20)27-23-10-9-18(24)17-21(19)23/h3-4,6-10,17H,2,5,11-16H2,1H3/b19-7-. The van der Waals surface area contributed by atoms with Crippen LogP contribution in [0.5, 0.6) is 0 Å². The Morgan fingerprint density at radius 2 is 1.63 bits per heavy atom. The van der Waals surface area contributed by atoms with Crippen molar-refractivity contribution >= 4 is 17.3 Å². The summed E-state index contributed by atoms with van der Waals surface area (Å²) in [6, 6.07) is 13.6. The van der Waals surface area contributed by atoms with E-state index in [4.69, 9.17) is 0 Å². The summed E-state index contributed by atoms with van der Waals surface area (Å²) >= 11 is 1.74. The first-order valence-corrected chi connectivity index (χ1v) is 10.8. The van der Waals surface area contributed by atoms with Crippen molar-refractivity contribution in [3.05, 3.63) is 65.5 Å². The number of benzene rings is 2. The quantitative estimate of drug-likeness (QED) is 0.603. The molecule has 142 valence electrons. The highest BCUT2D eigenvalue weighted by Crippen LogP contribution is 2.45. The minimum atomic E-state index is -0.160. The van der Waals surface area contributed by atoms with Crippen LogP contribution in [-0.4, -0.2) is 49.1 Å². The van der Waals surface area contributed by atoms with Crippen LogP contribution in [-0.2, 0) is 0 Å². The summed E-state index contributed by atoms with van der Waals surface area (Å²) in [6.45, 7) is 9.20. The van der Waals surface area contributed by atoms with Gasteiger partial charge in [-0.1, -0.05) is 43.0 Å². The van der Waals surface area contributed by atoms with Crippen LogP contribution in [0.25, 0.3) is 5.57 Å². The number of rotatable bonds is 5. The first kappa shape index (κ1) is 18.7. The Hall–Kier alpha value is -1.62. The maximum Gasteiger partial charge on any atom is 0.123 e. The van der Waals surface area contributed by atoms with Crippen LogP contribution < -0.4 is 0 Å². The van der Waals surface area contributed by atoms with Gasteiger partial charge in [-0.3, -0.25) is 0 Å². The number of halogens is 1. The average Bonchev–Trinajstić information content (AvgIpc) is 2.69. The van der Waals surface area contributed by atoms with E-state index in [9.17, 15) is 4.39 Å². The molecule has 0 atom stereocenters. The lowest BCUT2D eigenvalue weighted by atomic mass is 9.96. The highest BCUT2D eigenvalue weighted by Gasteiger charge is 2.21. The van der Waals surface area contributed by atoms with Crippen LogP contribution in [0.4, 0.5) is 4.39 Å². The molecule has 0 aliphatic carbocycles. The zero-order valence-corrected chi connectivity index (χ0v) is 16.8. The molecule has 4 heteroatoms. The number of piperazine rings is 1. The van der Waals surface area contributed by atoms with Crippen LogP contribution in [0.2, 0.25) is 0 Å². The van der Waals surface area contributed by atoms with Crippen molar-refractivity contribution in [3.63, 3.8) is 0 Å². The van der Waals surface area contributed by atoms with E-state index in [-0.39, 0.29) is 5.82 Å². The van der Waals surface area contributed by atoms with Crippen LogP contribution in [0.15, 0.2) is 58.3 Å². The van der Waals surface area contributed by atoms with Gasteiger partial charge in [0, 0.05) is 42.5 Å². The maximum atomic E-state index is 13.9. The molecule has 2 nitrogen and oxygen atoms in total. The number of fused-ring (bicyclic) bond motifs is 2. The monoisotopic (exact) mass is 382 g/mol. The number of hydrogen-bond acceptors (Lipinski definition) is 3. The first-order valence-electron chi connectivity index (χ1n) is 9.96. The minimum absolute atomic E-state index is 0.160. The van der Waals surface area contributed by atoms with Gasteiger partial charge in [-0.05, 0) is 60.4 Å². The van der Waals surface area contributed by atoms with Gasteiger partial charge < -0.3 is 9.80 Å². The van der Waals surface area contributed by atoms with Gasteiger partial charge in [0.15, 0.2) is 0 Å². The molecule has 2 aromatic carbocycles. The van der Waals surface area contributed by atoms with Crippen LogP contribution >= 0.6 is 11.8 Å². The number of hydrogen-bond donors (Lipinski definition) is 0. The van der Waals surface area contributed by atoms with Gasteiger partial charge in [0.2, 0.25) is 0 Å². The first-order chi connectivity index (χ1) is 13.2. The van der Waals surface area contributed by atoms with Crippen molar-refractivity contribution in [3.8, 4) is 0 Å². The largest absolute Gasteiger partial charge is 0.301 e. The molecule has 0 spiro atoms. The minimum Gasteiger partial charge on any atom is -0.301 e. The van der Waals surface area contributed by atoms with Crippen molar-refractivity contribution in [2.45, 2.75) is 29.6 Å². The lowest BCUT2D eigenvalue weighted by molar-refractivity contribution is 0.134. The van der Waals surface area contributed by atoms with Gasteiger partial charge in [0.05, 0.1) is 0 Å². The van der Waals surface area contributed by atoms with Crippen LogP contribution in [0.3, 0.4) is 0 Å². The van der Waals surface area contributed by atoms with Crippen LogP contribution in [0.1, 0.15) is 30.9 Å². The molecule has 0 N–H and O–H groups in total. The summed E-state index contributed by atoms with van der Waals surface area (Å²) in [4.78, 5) is 7.52. The zero-order valence-electron chi connectivity index (χ0n) is 16.0. The van der Waals surface area contributed by atoms with Crippen molar-refractivity contribution in [1.82, 2.24) is 9.80 Å². The van der Waals surface area contributed by atoms with E-state index < -0.39 is 0 Å². The van der Waals surface area contributed by atoms with Crippen LogP contribution in [0, 0.1) is 5.82 Å². The molecule has 0 amide bonds. The highest BCUT2D eigenvalue weighted by atomic mass is 32.2. The predicted molar refractivity (Wildman–Crippen MR) is 112 cm³/mol. The number of nitrogens with zero attached hydrogens (tertiary/aromatic N) is 2. The predicted octanol–water partition coefficient (Wildman–Crippen LogP) is 5.14. The Kier molecular flexibility index (Phi) is 5.96. The smallest absolute Gasteiger partial charge is 0.123 e.